The molecule has 1 aromatic carbocycles. The highest BCUT2D eigenvalue weighted by Crippen LogP contribution is 2.21. The molecule has 5 nitrogen and oxygen atoms in total. The standard InChI is InChI=1S/C15H17N5/c1-3-6-10(2)16-14-9-13(19-20-14)15-17-11-7-4-5-8-12(11)18-15/h4-9H,3H2,1-2H3,(H,17,18)(H2,16,19,20)/b10-6+. The molecule has 0 saturated carbocycles. The number of aromatic amines is 2. The first-order valence-corrected chi connectivity index (χ1v) is 6.70. The Labute approximate surface area is 117 Å². The number of nitrogens with one attached hydrogen (secondary N) is 3. The van der Waals surface area contributed by atoms with Crippen molar-refractivity contribution in [1.29, 1.82) is 0 Å². The van der Waals surface area contributed by atoms with Gasteiger partial charge in [0, 0.05) is 11.8 Å². The molecule has 0 radical (unpaired) electrons. The minimum Gasteiger partial charge on any atom is -0.343 e. The van der Waals surface area contributed by atoms with Crippen molar-refractivity contribution in [2.24, 2.45) is 0 Å². The molecular weight excluding hydrogens is 250 g/mol. The van der Waals surface area contributed by atoms with E-state index in [4.69, 9.17) is 0 Å². The number of benzene rings is 1. The van der Waals surface area contributed by atoms with Crippen LogP contribution in [0.4, 0.5) is 5.82 Å². The topological polar surface area (TPSA) is 69.4 Å². The van der Waals surface area contributed by atoms with E-state index in [0.29, 0.717) is 0 Å². The molecular formula is C15H17N5. The average molecular weight is 267 g/mol. The molecule has 0 saturated heterocycles. The molecule has 20 heavy (non-hydrogen) atoms. The van der Waals surface area contributed by atoms with Crippen molar-refractivity contribution in [3.8, 4) is 11.5 Å². The molecule has 0 amide bonds. The quantitative estimate of drug-likeness (QED) is 0.675. The van der Waals surface area contributed by atoms with E-state index in [-0.39, 0.29) is 0 Å². The van der Waals surface area contributed by atoms with Crippen LogP contribution in [0.15, 0.2) is 42.1 Å². The van der Waals surface area contributed by atoms with Gasteiger partial charge in [0.05, 0.1) is 11.0 Å². The Kier molecular flexibility index (Phi) is 3.25. The minimum atomic E-state index is 0.794. The summed E-state index contributed by atoms with van der Waals surface area (Å²) in [4.78, 5) is 7.82. The monoisotopic (exact) mass is 267 g/mol. The summed E-state index contributed by atoms with van der Waals surface area (Å²) >= 11 is 0. The smallest absolute Gasteiger partial charge is 0.156 e. The van der Waals surface area contributed by atoms with E-state index in [2.05, 4.69) is 38.5 Å². The van der Waals surface area contributed by atoms with Gasteiger partial charge in [0.25, 0.3) is 0 Å². The number of hydrogen-bond acceptors (Lipinski definition) is 3. The molecule has 3 N–H and O–H groups in total. The van der Waals surface area contributed by atoms with E-state index in [1.165, 1.54) is 0 Å². The zero-order valence-electron chi connectivity index (χ0n) is 11.6. The van der Waals surface area contributed by atoms with E-state index in [9.17, 15) is 0 Å². The molecule has 0 atom stereocenters. The third kappa shape index (κ3) is 2.42. The van der Waals surface area contributed by atoms with E-state index >= 15 is 0 Å². The van der Waals surface area contributed by atoms with E-state index in [1.807, 2.05) is 37.3 Å². The molecule has 0 spiro atoms. The largest absolute Gasteiger partial charge is 0.343 e. The van der Waals surface area contributed by atoms with Gasteiger partial charge >= 0.3 is 0 Å². The van der Waals surface area contributed by atoms with E-state index < -0.39 is 0 Å². The lowest BCUT2D eigenvalue weighted by Gasteiger charge is -2.00. The highest BCUT2D eigenvalue weighted by molar-refractivity contribution is 5.78. The summed E-state index contributed by atoms with van der Waals surface area (Å²) in [6.07, 6.45) is 3.12. The van der Waals surface area contributed by atoms with Gasteiger partial charge in [-0.15, -0.1) is 0 Å². The SMILES string of the molecule is CC/C=C(\C)Nc1cc(-c2nc3ccccc3[nH]2)[nH]n1. The number of anilines is 1. The lowest BCUT2D eigenvalue weighted by atomic mass is 10.3. The van der Waals surface area contributed by atoms with Crippen LogP contribution in [0.2, 0.25) is 0 Å². The van der Waals surface area contributed by atoms with Crippen LogP contribution in [-0.4, -0.2) is 20.2 Å². The van der Waals surface area contributed by atoms with Crippen molar-refractivity contribution >= 4 is 16.9 Å². The molecule has 2 aromatic heterocycles. The van der Waals surface area contributed by atoms with Gasteiger partial charge in [-0.25, -0.2) is 4.98 Å². The van der Waals surface area contributed by atoms with E-state index in [1.54, 1.807) is 0 Å². The number of para-hydroxylation sites is 2. The van der Waals surface area contributed by atoms with Crippen molar-refractivity contribution in [3.05, 3.63) is 42.1 Å². The molecule has 102 valence electrons. The van der Waals surface area contributed by atoms with Crippen LogP contribution >= 0.6 is 0 Å². The van der Waals surface area contributed by atoms with Crippen LogP contribution < -0.4 is 5.32 Å². The van der Waals surface area contributed by atoms with Gasteiger partial charge in [0.2, 0.25) is 0 Å². The summed E-state index contributed by atoms with van der Waals surface area (Å²) in [5, 5.41) is 10.5. The number of allylic oxidation sites excluding steroid dienone is 2. The molecule has 3 rings (SSSR count). The molecule has 0 aliphatic heterocycles. The highest BCUT2D eigenvalue weighted by Gasteiger charge is 2.08. The zero-order chi connectivity index (χ0) is 13.9. The lowest BCUT2D eigenvalue weighted by Crippen LogP contribution is -1.95. The Morgan fingerprint density at radius 3 is 3.00 bits per heavy atom. The molecule has 5 heteroatoms. The van der Waals surface area contributed by atoms with Crippen LogP contribution in [0.3, 0.4) is 0 Å². The Balaban J connectivity index is 1.87. The first kappa shape index (κ1) is 12.5. The van der Waals surface area contributed by atoms with Gasteiger partial charge in [0.15, 0.2) is 11.6 Å². The van der Waals surface area contributed by atoms with Gasteiger partial charge < -0.3 is 10.3 Å². The molecule has 2 heterocycles. The predicted molar refractivity (Wildman–Crippen MR) is 81.3 cm³/mol. The number of nitrogens with zero attached hydrogens (tertiary/aromatic N) is 2. The molecule has 0 fully saturated rings. The molecule has 0 aliphatic rings. The number of H-pyrrole nitrogens is 2. The summed E-state index contributed by atoms with van der Waals surface area (Å²) in [5.41, 5.74) is 3.94. The number of fused-ring (bicyclic) bond motifs is 1. The molecule has 0 aliphatic carbocycles. The summed E-state index contributed by atoms with van der Waals surface area (Å²) in [6, 6.07) is 9.91. The second-order valence-corrected chi connectivity index (χ2v) is 4.69. The molecule has 0 unspecified atom stereocenters. The number of imidazole rings is 1. The summed E-state index contributed by atoms with van der Waals surface area (Å²) in [6.45, 7) is 4.13. The van der Waals surface area contributed by atoms with Crippen LogP contribution in [0.25, 0.3) is 22.6 Å². The maximum atomic E-state index is 4.54. The van der Waals surface area contributed by atoms with Crippen molar-refractivity contribution < 1.29 is 0 Å². The predicted octanol–water partition coefficient (Wildman–Crippen LogP) is 3.68. The molecule has 0 bridgehead atoms. The third-order valence-corrected chi connectivity index (χ3v) is 3.06. The van der Waals surface area contributed by atoms with Crippen molar-refractivity contribution in [1.82, 2.24) is 20.2 Å². The Morgan fingerprint density at radius 1 is 1.35 bits per heavy atom. The van der Waals surface area contributed by atoms with Crippen molar-refractivity contribution in [2.75, 3.05) is 5.32 Å². The van der Waals surface area contributed by atoms with E-state index in [0.717, 1.165) is 40.5 Å². The van der Waals surface area contributed by atoms with Crippen LogP contribution in [0, 0.1) is 0 Å². The highest BCUT2D eigenvalue weighted by atomic mass is 15.2. The molecule has 3 aromatic rings. The van der Waals surface area contributed by atoms with Crippen LogP contribution in [0.5, 0.6) is 0 Å². The van der Waals surface area contributed by atoms with Crippen molar-refractivity contribution in [3.63, 3.8) is 0 Å². The normalized spacial score (nSPS) is 12.0. The lowest BCUT2D eigenvalue weighted by molar-refractivity contribution is 1.07. The van der Waals surface area contributed by atoms with Gasteiger partial charge in [-0.1, -0.05) is 25.1 Å². The van der Waals surface area contributed by atoms with Crippen molar-refractivity contribution in [2.45, 2.75) is 20.3 Å². The fourth-order valence-corrected chi connectivity index (χ4v) is 2.15. The Hall–Kier alpha value is -2.56. The van der Waals surface area contributed by atoms with Crippen LogP contribution in [0.1, 0.15) is 20.3 Å². The minimum absolute atomic E-state index is 0.794. The number of aromatic nitrogens is 4. The maximum absolute atomic E-state index is 4.54. The first-order valence-electron chi connectivity index (χ1n) is 6.70. The fraction of sp³-hybridized carbons (Fsp3) is 0.200. The fourth-order valence-electron chi connectivity index (χ4n) is 2.15. The van der Waals surface area contributed by atoms with Gasteiger partial charge in [0.1, 0.15) is 5.69 Å². The van der Waals surface area contributed by atoms with Crippen LogP contribution in [-0.2, 0) is 0 Å². The Bertz CT molecular complexity index is 717. The number of rotatable bonds is 4. The Morgan fingerprint density at radius 2 is 2.20 bits per heavy atom. The third-order valence-electron chi connectivity index (χ3n) is 3.06. The summed E-state index contributed by atoms with van der Waals surface area (Å²) in [5.74, 6) is 1.59. The van der Waals surface area contributed by atoms with Gasteiger partial charge in [-0.3, -0.25) is 5.10 Å². The van der Waals surface area contributed by atoms with Gasteiger partial charge in [-0.2, -0.15) is 5.10 Å². The summed E-state index contributed by atoms with van der Waals surface area (Å²) < 4.78 is 0. The number of hydrogen-bond donors (Lipinski definition) is 3. The second-order valence-electron chi connectivity index (χ2n) is 4.69. The maximum Gasteiger partial charge on any atom is 0.156 e. The second kappa shape index (κ2) is 5.21. The summed E-state index contributed by atoms with van der Waals surface area (Å²) in [7, 11) is 0. The zero-order valence-corrected chi connectivity index (χ0v) is 11.6. The van der Waals surface area contributed by atoms with Gasteiger partial charge in [-0.05, 0) is 25.5 Å². The first-order chi connectivity index (χ1) is 9.76. The average Bonchev–Trinajstić information content (AvgIpc) is 3.04.